The fourth-order valence-corrected chi connectivity index (χ4v) is 3.95. The van der Waals surface area contributed by atoms with Crippen molar-refractivity contribution in [3.8, 4) is 16.9 Å². The zero-order valence-corrected chi connectivity index (χ0v) is 18.6. The van der Waals surface area contributed by atoms with Crippen LogP contribution in [0.2, 0.25) is 0 Å². The summed E-state index contributed by atoms with van der Waals surface area (Å²) in [6, 6.07) is 25.8. The van der Waals surface area contributed by atoms with Gasteiger partial charge in [-0.2, -0.15) is 5.10 Å². The topological polar surface area (TPSA) is 81.1 Å². The van der Waals surface area contributed by atoms with Crippen molar-refractivity contribution in [2.24, 2.45) is 0 Å². The molecule has 0 atom stereocenters. The summed E-state index contributed by atoms with van der Waals surface area (Å²) in [5, 5.41) is 7.44. The Morgan fingerprint density at radius 3 is 2.22 bits per heavy atom. The van der Waals surface area contributed by atoms with Gasteiger partial charge >= 0.3 is 0 Å². The van der Waals surface area contributed by atoms with Crippen LogP contribution in [0.4, 0.5) is 0 Å². The van der Waals surface area contributed by atoms with Crippen molar-refractivity contribution in [3.63, 3.8) is 0 Å². The molecule has 0 saturated carbocycles. The van der Waals surface area contributed by atoms with E-state index in [1.54, 1.807) is 35.0 Å². The van der Waals surface area contributed by atoms with E-state index >= 15 is 0 Å². The largest absolute Gasteiger partial charge is 0.347 e. The molecule has 1 N–H and O–H groups in total. The summed E-state index contributed by atoms with van der Waals surface area (Å²) in [5.74, 6) is -0.284. The van der Waals surface area contributed by atoms with Gasteiger partial charge in [-0.1, -0.05) is 60.2 Å². The van der Waals surface area contributed by atoms with E-state index in [-0.39, 0.29) is 16.5 Å². The van der Waals surface area contributed by atoms with E-state index in [4.69, 9.17) is 0 Å². The fraction of sp³-hybridized carbons (Fsp3) is 0.120. The van der Waals surface area contributed by atoms with Gasteiger partial charge in [-0.05, 0) is 42.8 Å². The molecule has 0 spiro atoms. The molecule has 0 aliphatic heterocycles. The van der Waals surface area contributed by atoms with Crippen molar-refractivity contribution in [1.29, 1.82) is 0 Å². The Morgan fingerprint density at radius 2 is 1.59 bits per heavy atom. The second-order valence-corrected chi connectivity index (χ2v) is 9.64. The highest BCUT2D eigenvalue weighted by molar-refractivity contribution is 7.90. The Morgan fingerprint density at radius 1 is 0.938 bits per heavy atom. The van der Waals surface area contributed by atoms with E-state index in [1.165, 1.54) is 6.26 Å². The molecule has 0 aliphatic carbocycles. The Bertz CT molecular complexity index is 1340. The molecule has 3 aromatic carbocycles. The lowest BCUT2D eigenvalue weighted by Crippen LogP contribution is -2.23. The van der Waals surface area contributed by atoms with Crippen LogP contribution in [0.3, 0.4) is 0 Å². The van der Waals surface area contributed by atoms with Crippen molar-refractivity contribution in [1.82, 2.24) is 15.1 Å². The molecular weight excluding hydrogens is 422 g/mol. The first-order valence-corrected chi connectivity index (χ1v) is 12.0. The summed E-state index contributed by atoms with van der Waals surface area (Å²) in [6.45, 7) is 2.41. The quantitative estimate of drug-likeness (QED) is 0.483. The third-order valence-electron chi connectivity index (χ3n) is 5.09. The van der Waals surface area contributed by atoms with Crippen molar-refractivity contribution >= 4 is 15.7 Å². The van der Waals surface area contributed by atoms with Gasteiger partial charge in [0.2, 0.25) is 0 Å². The molecule has 162 valence electrons. The highest BCUT2D eigenvalue weighted by Crippen LogP contribution is 2.25. The standard InChI is InChI=1S/C25H23N3O3S/c1-18-8-10-20(11-9-18)24-16-23(25(29)26-17-19-6-4-3-5-7-19)27-28(24)21-12-14-22(15-13-21)32(2,30)31/h3-16H,17H2,1-2H3,(H,26,29). The minimum atomic E-state index is -3.30. The number of hydrogen-bond acceptors (Lipinski definition) is 4. The van der Waals surface area contributed by atoms with Crippen molar-refractivity contribution in [2.75, 3.05) is 6.26 Å². The summed E-state index contributed by atoms with van der Waals surface area (Å²) < 4.78 is 25.3. The first-order valence-electron chi connectivity index (χ1n) is 10.1. The van der Waals surface area contributed by atoms with Gasteiger partial charge in [0.25, 0.3) is 5.91 Å². The van der Waals surface area contributed by atoms with Crippen molar-refractivity contribution < 1.29 is 13.2 Å². The maximum atomic E-state index is 12.8. The second kappa shape index (κ2) is 8.80. The fourth-order valence-electron chi connectivity index (χ4n) is 3.32. The maximum absolute atomic E-state index is 12.8. The number of rotatable bonds is 6. The Kier molecular flexibility index (Phi) is 5.92. The molecule has 7 heteroatoms. The number of sulfone groups is 1. The molecule has 0 saturated heterocycles. The van der Waals surface area contributed by atoms with E-state index in [9.17, 15) is 13.2 Å². The van der Waals surface area contributed by atoms with Crippen LogP contribution in [-0.4, -0.2) is 30.4 Å². The van der Waals surface area contributed by atoms with Crippen molar-refractivity contribution in [3.05, 3.63) is 102 Å². The van der Waals surface area contributed by atoms with Crippen LogP contribution < -0.4 is 5.32 Å². The second-order valence-electron chi connectivity index (χ2n) is 7.63. The maximum Gasteiger partial charge on any atom is 0.272 e. The monoisotopic (exact) mass is 445 g/mol. The molecule has 0 radical (unpaired) electrons. The van der Waals surface area contributed by atoms with Crippen LogP contribution in [0.15, 0.2) is 89.8 Å². The van der Waals surface area contributed by atoms with Gasteiger partial charge in [0, 0.05) is 18.4 Å². The summed E-state index contributed by atoms with van der Waals surface area (Å²) in [6.07, 6.45) is 1.17. The van der Waals surface area contributed by atoms with Gasteiger partial charge in [0.15, 0.2) is 15.5 Å². The van der Waals surface area contributed by atoms with Gasteiger partial charge in [0.05, 0.1) is 16.3 Å². The van der Waals surface area contributed by atoms with Gasteiger partial charge in [-0.25, -0.2) is 13.1 Å². The Balaban J connectivity index is 1.70. The van der Waals surface area contributed by atoms with E-state index in [0.29, 0.717) is 12.2 Å². The minimum Gasteiger partial charge on any atom is -0.347 e. The zero-order chi connectivity index (χ0) is 22.7. The highest BCUT2D eigenvalue weighted by Gasteiger charge is 2.17. The highest BCUT2D eigenvalue weighted by atomic mass is 32.2. The number of nitrogens with one attached hydrogen (secondary N) is 1. The number of benzene rings is 3. The van der Waals surface area contributed by atoms with E-state index in [0.717, 1.165) is 22.4 Å². The molecule has 0 bridgehead atoms. The van der Waals surface area contributed by atoms with E-state index < -0.39 is 9.84 Å². The summed E-state index contributed by atoms with van der Waals surface area (Å²) in [5.41, 5.74) is 4.70. The number of nitrogens with zero attached hydrogens (tertiary/aromatic N) is 2. The van der Waals surface area contributed by atoms with Crippen LogP contribution in [0.1, 0.15) is 21.6 Å². The molecule has 32 heavy (non-hydrogen) atoms. The number of aryl methyl sites for hydroxylation is 1. The predicted octanol–water partition coefficient (Wildman–Crippen LogP) is 4.18. The lowest BCUT2D eigenvalue weighted by Gasteiger charge is -2.09. The number of carbonyl (C=O) groups excluding carboxylic acids is 1. The van der Waals surface area contributed by atoms with Crippen LogP contribution in [-0.2, 0) is 16.4 Å². The number of amides is 1. The summed E-state index contributed by atoms with van der Waals surface area (Å²) in [7, 11) is -3.30. The lowest BCUT2D eigenvalue weighted by atomic mass is 10.1. The van der Waals surface area contributed by atoms with Gasteiger partial charge in [0.1, 0.15) is 0 Å². The van der Waals surface area contributed by atoms with Gasteiger partial charge < -0.3 is 5.32 Å². The van der Waals surface area contributed by atoms with Crippen LogP contribution >= 0.6 is 0 Å². The van der Waals surface area contributed by atoms with Crippen LogP contribution in [0.25, 0.3) is 16.9 Å². The Hall–Kier alpha value is -3.71. The molecule has 0 fully saturated rings. The molecule has 0 aliphatic rings. The summed E-state index contributed by atoms with van der Waals surface area (Å²) in [4.78, 5) is 13.0. The average molecular weight is 446 g/mol. The van der Waals surface area contributed by atoms with E-state index in [1.807, 2.05) is 61.5 Å². The molecular formula is C25H23N3O3S. The minimum absolute atomic E-state index is 0.228. The SMILES string of the molecule is Cc1ccc(-c2cc(C(=O)NCc3ccccc3)nn2-c2ccc(S(C)(=O)=O)cc2)cc1. The smallest absolute Gasteiger partial charge is 0.272 e. The number of hydrogen-bond donors (Lipinski definition) is 1. The molecule has 1 heterocycles. The van der Waals surface area contributed by atoms with Gasteiger partial charge in [-0.3, -0.25) is 4.79 Å². The van der Waals surface area contributed by atoms with E-state index in [2.05, 4.69) is 10.4 Å². The zero-order valence-electron chi connectivity index (χ0n) is 17.8. The molecule has 4 aromatic rings. The third-order valence-corrected chi connectivity index (χ3v) is 6.22. The number of aromatic nitrogens is 2. The van der Waals surface area contributed by atoms with Gasteiger partial charge in [-0.15, -0.1) is 0 Å². The van der Waals surface area contributed by atoms with Crippen LogP contribution in [0.5, 0.6) is 0 Å². The summed E-state index contributed by atoms with van der Waals surface area (Å²) >= 11 is 0. The first kappa shape index (κ1) is 21.5. The average Bonchev–Trinajstić information content (AvgIpc) is 3.24. The normalized spacial score (nSPS) is 11.3. The van der Waals surface area contributed by atoms with Crippen LogP contribution in [0, 0.1) is 6.92 Å². The molecule has 4 rings (SSSR count). The predicted molar refractivity (Wildman–Crippen MR) is 124 cm³/mol. The van der Waals surface area contributed by atoms with Crippen molar-refractivity contribution in [2.45, 2.75) is 18.4 Å². The number of carbonyl (C=O) groups is 1. The molecule has 6 nitrogen and oxygen atoms in total. The third kappa shape index (κ3) is 4.78. The lowest BCUT2D eigenvalue weighted by molar-refractivity contribution is 0.0945. The molecule has 0 unspecified atom stereocenters. The Labute approximate surface area is 187 Å². The first-order chi connectivity index (χ1) is 15.3. The molecule has 1 aromatic heterocycles. The molecule has 1 amide bonds.